The van der Waals surface area contributed by atoms with Gasteiger partial charge in [-0.3, -0.25) is 10.3 Å². The molecule has 0 rings (SSSR count). The predicted molar refractivity (Wildman–Crippen MR) is 88.4 cm³/mol. The van der Waals surface area contributed by atoms with E-state index in [4.69, 9.17) is 11.1 Å². The Bertz CT molecular complexity index is 238. The zero-order chi connectivity index (χ0) is 14.2. The highest BCUT2D eigenvalue weighted by Crippen LogP contribution is 2.22. The van der Waals surface area contributed by atoms with Crippen LogP contribution in [0.4, 0.5) is 0 Å². The molecule has 0 bridgehead atoms. The third kappa shape index (κ3) is 7.41. The third-order valence-electron chi connectivity index (χ3n) is 2.94. The zero-order valence-electron chi connectivity index (χ0n) is 12.3. The van der Waals surface area contributed by atoms with E-state index in [1.54, 1.807) is 0 Å². The number of nitrogens with one attached hydrogen (secondary N) is 1. The number of nitrogens with two attached hydrogens (primary N) is 1. The highest BCUT2D eigenvalue weighted by atomic mass is 127. The maximum absolute atomic E-state index is 7.53. The minimum atomic E-state index is 0.194. The molecule has 4 nitrogen and oxygen atoms in total. The smallest absolute Gasteiger partial charge is 0.188 e. The largest absolute Gasteiger partial charge is 0.370 e. The first kappa shape index (κ1) is 18.0. The Morgan fingerprint density at radius 1 is 1.11 bits per heavy atom. The molecular weight excluding hydrogens is 339 g/mol. The van der Waals surface area contributed by atoms with E-state index in [-0.39, 0.29) is 9.51 Å². The molecular formula is C13H29IN4. The molecule has 0 saturated carbocycles. The van der Waals surface area contributed by atoms with Crippen LogP contribution in [0.2, 0.25) is 0 Å². The molecule has 0 fully saturated rings. The number of nitrogens with zero attached hydrogens (tertiary/aromatic N) is 2. The fraction of sp³-hybridized carbons (Fsp3) is 0.923. The first-order chi connectivity index (χ1) is 8.32. The molecule has 0 amide bonds. The summed E-state index contributed by atoms with van der Waals surface area (Å²) in [6.07, 6.45) is 3.28. The summed E-state index contributed by atoms with van der Waals surface area (Å²) in [5, 5.41) is 7.53. The summed E-state index contributed by atoms with van der Waals surface area (Å²) in [6.45, 7) is 12.8. The first-order valence-electron chi connectivity index (χ1n) is 6.85. The molecule has 5 heteroatoms. The van der Waals surface area contributed by atoms with Crippen LogP contribution < -0.4 is 5.73 Å². The zero-order valence-corrected chi connectivity index (χ0v) is 14.5. The van der Waals surface area contributed by atoms with Crippen molar-refractivity contribution in [2.24, 2.45) is 5.73 Å². The molecule has 0 aromatic carbocycles. The number of alkyl halides is 1. The van der Waals surface area contributed by atoms with Crippen LogP contribution in [-0.2, 0) is 0 Å². The van der Waals surface area contributed by atoms with Gasteiger partial charge in [0.05, 0.1) is 3.55 Å². The van der Waals surface area contributed by atoms with Crippen molar-refractivity contribution in [3.63, 3.8) is 0 Å². The SMILES string of the molecule is CCCN(CCCN(CCC)C(C)(C)I)C(=N)N. The molecule has 18 heavy (non-hydrogen) atoms. The lowest BCUT2D eigenvalue weighted by Crippen LogP contribution is -2.42. The minimum Gasteiger partial charge on any atom is -0.370 e. The number of halogens is 1. The van der Waals surface area contributed by atoms with Gasteiger partial charge in [0.1, 0.15) is 0 Å². The lowest BCUT2D eigenvalue weighted by Gasteiger charge is -2.34. The Morgan fingerprint density at radius 2 is 1.67 bits per heavy atom. The normalized spacial score (nSPS) is 11.9. The third-order valence-corrected chi connectivity index (χ3v) is 3.62. The van der Waals surface area contributed by atoms with Crippen LogP contribution in [0.15, 0.2) is 0 Å². The van der Waals surface area contributed by atoms with Gasteiger partial charge < -0.3 is 10.6 Å². The molecule has 0 saturated heterocycles. The fourth-order valence-corrected chi connectivity index (χ4v) is 2.47. The fourth-order valence-electron chi connectivity index (χ4n) is 1.99. The summed E-state index contributed by atoms with van der Waals surface area (Å²) in [4.78, 5) is 4.46. The van der Waals surface area contributed by atoms with Gasteiger partial charge in [-0.15, -0.1) is 0 Å². The topological polar surface area (TPSA) is 56.4 Å². The molecule has 0 aromatic heterocycles. The number of hydrogen-bond acceptors (Lipinski definition) is 2. The molecule has 0 heterocycles. The van der Waals surface area contributed by atoms with E-state index in [1.165, 1.54) is 6.42 Å². The van der Waals surface area contributed by atoms with Crippen LogP contribution in [0.25, 0.3) is 0 Å². The second-order valence-electron chi connectivity index (χ2n) is 5.12. The summed E-state index contributed by atoms with van der Waals surface area (Å²) in [6, 6.07) is 0. The van der Waals surface area contributed by atoms with Gasteiger partial charge in [-0.1, -0.05) is 36.4 Å². The van der Waals surface area contributed by atoms with Gasteiger partial charge in [0, 0.05) is 19.6 Å². The second-order valence-corrected chi connectivity index (χ2v) is 7.76. The van der Waals surface area contributed by atoms with Crippen LogP contribution >= 0.6 is 22.6 Å². The van der Waals surface area contributed by atoms with Gasteiger partial charge in [-0.25, -0.2) is 0 Å². The average Bonchev–Trinajstić information content (AvgIpc) is 2.25. The van der Waals surface area contributed by atoms with Gasteiger partial charge in [0.25, 0.3) is 0 Å². The average molecular weight is 368 g/mol. The summed E-state index contributed by atoms with van der Waals surface area (Å²) in [7, 11) is 0. The Morgan fingerprint density at radius 3 is 2.06 bits per heavy atom. The number of rotatable bonds is 9. The lowest BCUT2D eigenvalue weighted by atomic mass is 10.2. The van der Waals surface area contributed by atoms with Crippen LogP contribution in [0.3, 0.4) is 0 Å². The summed E-state index contributed by atoms with van der Waals surface area (Å²) >= 11 is 2.49. The summed E-state index contributed by atoms with van der Waals surface area (Å²) < 4.78 is 0.194. The highest BCUT2D eigenvalue weighted by molar-refractivity contribution is 14.1. The highest BCUT2D eigenvalue weighted by Gasteiger charge is 2.21. The minimum absolute atomic E-state index is 0.194. The molecule has 0 aliphatic rings. The Labute approximate surface area is 126 Å². The molecule has 0 aromatic rings. The quantitative estimate of drug-likeness (QED) is 0.216. The Balaban J connectivity index is 4.15. The Kier molecular flexibility index (Phi) is 8.94. The Hall–Kier alpha value is -0.0400. The number of hydrogen-bond donors (Lipinski definition) is 2. The van der Waals surface area contributed by atoms with E-state index in [1.807, 2.05) is 4.90 Å². The van der Waals surface area contributed by atoms with E-state index in [2.05, 4.69) is 55.2 Å². The van der Waals surface area contributed by atoms with Crippen molar-refractivity contribution in [3.05, 3.63) is 0 Å². The van der Waals surface area contributed by atoms with Gasteiger partial charge >= 0.3 is 0 Å². The lowest BCUT2D eigenvalue weighted by molar-refractivity contribution is 0.200. The van der Waals surface area contributed by atoms with Crippen molar-refractivity contribution in [2.75, 3.05) is 26.2 Å². The van der Waals surface area contributed by atoms with Crippen LogP contribution in [0.5, 0.6) is 0 Å². The van der Waals surface area contributed by atoms with Crippen molar-refractivity contribution in [3.8, 4) is 0 Å². The van der Waals surface area contributed by atoms with Crippen molar-refractivity contribution in [1.82, 2.24) is 9.80 Å². The van der Waals surface area contributed by atoms with E-state index < -0.39 is 0 Å². The van der Waals surface area contributed by atoms with Gasteiger partial charge in [-0.05, 0) is 39.7 Å². The molecule has 0 aliphatic heterocycles. The monoisotopic (exact) mass is 368 g/mol. The van der Waals surface area contributed by atoms with Crippen LogP contribution in [0.1, 0.15) is 47.0 Å². The molecule has 0 spiro atoms. The number of guanidine groups is 1. The van der Waals surface area contributed by atoms with Gasteiger partial charge in [0.15, 0.2) is 5.96 Å². The first-order valence-corrected chi connectivity index (χ1v) is 7.93. The standard InChI is InChI=1S/C13H29IN4/c1-5-8-17(12(15)16)10-7-11-18(9-6-2)13(3,4)14/h5-11H2,1-4H3,(H3,15,16). The van der Waals surface area contributed by atoms with Crippen LogP contribution in [0, 0.1) is 5.41 Å². The van der Waals surface area contributed by atoms with E-state index in [0.29, 0.717) is 0 Å². The maximum atomic E-state index is 7.53. The second kappa shape index (κ2) is 8.96. The van der Waals surface area contributed by atoms with E-state index >= 15 is 0 Å². The molecule has 0 unspecified atom stereocenters. The van der Waals surface area contributed by atoms with Crippen molar-refractivity contribution < 1.29 is 0 Å². The van der Waals surface area contributed by atoms with Crippen molar-refractivity contribution in [1.29, 1.82) is 5.41 Å². The van der Waals surface area contributed by atoms with E-state index in [0.717, 1.165) is 39.0 Å². The maximum Gasteiger partial charge on any atom is 0.188 e. The molecule has 3 N–H and O–H groups in total. The van der Waals surface area contributed by atoms with Gasteiger partial charge in [-0.2, -0.15) is 0 Å². The molecule has 0 aliphatic carbocycles. The summed E-state index contributed by atoms with van der Waals surface area (Å²) in [5.74, 6) is 0.202. The van der Waals surface area contributed by atoms with Crippen molar-refractivity contribution in [2.45, 2.75) is 50.5 Å². The van der Waals surface area contributed by atoms with Crippen LogP contribution in [-0.4, -0.2) is 45.5 Å². The molecule has 0 radical (unpaired) electrons. The predicted octanol–water partition coefficient (Wildman–Crippen LogP) is 2.87. The molecule has 0 atom stereocenters. The molecule has 108 valence electrons. The van der Waals surface area contributed by atoms with Gasteiger partial charge in [0.2, 0.25) is 0 Å². The summed E-state index contributed by atoms with van der Waals surface area (Å²) in [5.41, 5.74) is 5.58. The van der Waals surface area contributed by atoms with Crippen molar-refractivity contribution >= 4 is 28.6 Å². The van der Waals surface area contributed by atoms with E-state index in [9.17, 15) is 0 Å².